The molecule has 0 radical (unpaired) electrons. The Labute approximate surface area is 123 Å². The first-order chi connectivity index (χ1) is 10.3. The molecule has 1 aliphatic heterocycles. The molecule has 0 saturated carbocycles. The van der Waals surface area contributed by atoms with E-state index in [1.165, 1.54) is 0 Å². The van der Waals surface area contributed by atoms with Crippen LogP contribution in [-0.4, -0.2) is 13.0 Å². The van der Waals surface area contributed by atoms with Gasteiger partial charge in [0, 0.05) is 23.7 Å². The monoisotopic (exact) mass is 283 g/mol. The Hall–Kier alpha value is -2.49. The van der Waals surface area contributed by atoms with E-state index in [2.05, 4.69) is 5.32 Å². The SMILES string of the molecule is COc1ccccc1COc1ccc2c(c1)NC(=O)CC2. The van der Waals surface area contributed by atoms with Crippen LogP contribution in [0.4, 0.5) is 5.69 Å². The van der Waals surface area contributed by atoms with Gasteiger partial charge >= 0.3 is 0 Å². The van der Waals surface area contributed by atoms with Gasteiger partial charge in [0.15, 0.2) is 0 Å². The summed E-state index contributed by atoms with van der Waals surface area (Å²) in [5, 5.41) is 2.88. The molecule has 0 bridgehead atoms. The molecule has 0 aromatic heterocycles. The number of rotatable bonds is 4. The van der Waals surface area contributed by atoms with Gasteiger partial charge in [-0.2, -0.15) is 0 Å². The molecule has 1 aliphatic rings. The van der Waals surface area contributed by atoms with E-state index in [1.807, 2.05) is 42.5 Å². The number of nitrogens with one attached hydrogen (secondary N) is 1. The van der Waals surface area contributed by atoms with Crippen LogP contribution in [0.3, 0.4) is 0 Å². The summed E-state index contributed by atoms with van der Waals surface area (Å²) in [5.41, 5.74) is 2.99. The summed E-state index contributed by atoms with van der Waals surface area (Å²) in [6.07, 6.45) is 1.34. The van der Waals surface area contributed by atoms with E-state index in [9.17, 15) is 4.79 Å². The molecule has 0 fully saturated rings. The number of anilines is 1. The number of methoxy groups -OCH3 is 1. The van der Waals surface area contributed by atoms with Crippen molar-refractivity contribution >= 4 is 11.6 Å². The maximum Gasteiger partial charge on any atom is 0.224 e. The van der Waals surface area contributed by atoms with Crippen molar-refractivity contribution in [3.05, 3.63) is 53.6 Å². The fraction of sp³-hybridized carbons (Fsp3) is 0.235. The van der Waals surface area contributed by atoms with Crippen LogP contribution in [-0.2, 0) is 17.8 Å². The van der Waals surface area contributed by atoms with Crippen molar-refractivity contribution in [3.63, 3.8) is 0 Å². The quantitative estimate of drug-likeness (QED) is 0.937. The lowest BCUT2D eigenvalue weighted by molar-refractivity contribution is -0.116. The Morgan fingerprint density at radius 3 is 2.86 bits per heavy atom. The van der Waals surface area contributed by atoms with Crippen molar-refractivity contribution in [2.75, 3.05) is 12.4 Å². The molecule has 1 amide bonds. The maximum absolute atomic E-state index is 11.4. The minimum atomic E-state index is 0.0596. The molecule has 1 heterocycles. The van der Waals surface area contributed by atoms with Crippen LogP contribution in [0.1, 0.15) is 17.5 Å². The molecule has 108 valence electrons. The Bertz CT molecular complexity index is 667. The van der Waals surface area contributed by atoms with Gasteiger partial charge in [-0.15, -0.1) is 0 Å². The second-order valence-electron chi connectivity index (χ2n) is 4.97. The smallest absolute Gasteiger partial charge is 0.224 e. The molecule has 21 heavy (non-hydrogen) atoms. The van der Waals surface area contributed by atoms with Crippen molar-refractivity contribution in [2.45, 2.75) is 19.4 Å². The van der Waals surface area contributed by atoms with Crippen LogP contribution in [0.15, 0.2) is 42.5 Å². The molecule has 4 heteroatoms. The van der Waals surface area contributed by atoms with Gasteiger partial charge in [-0.1, -0.05) is 24.3 Å². The summed E-state index contributed by atoms with van der Waals surface area (Å²) in [5.74, 6) is 1.61. The van der Waals surface area contributed by atoms with Gasteiger partial charge in [-0.25, -0.2) is 0 Å². The molecular formula is C17H17NO3. The number of carbonyl (C=O) groups is 1. The molecule has 0 saturated heterocycles. The highest BCUT2D eigenvalue weighted by Gasteiger charge is 2.15. The molecule has 4 nitrogen and oxygen atoms in total. The molecule has 0 unspecified atom stereocenters. The topological polar surface area (TPSA) is 47.6 Å². The number of para-hydroxylation sites is 1. The molecule has 3 rings (SSSR count). The number of amides is 1. The Morgan fingerprint density at radius 1 is 1.14 bits per heavy atom. The highest BCUT2D eigenvalue weighted by molar-refractivity contribution is 5.94. The van der Waals surface area contributed by atoms with Crippen molar-refractivity contribution in [2.24, 2.45) is 0 Å². The summed E-state index contributed by atoms with van der Waals surface area (Å²) in [6.45, 7) is 0.427. The average molecular weight is 283 g/mol. The van der Waals surface area contributed by atoms with E-state index in [-0.39, 0.29) is 5.91 Å². The van der Waals surface area contributed by atoms with E-state index in [1.54, 1.807) is 7.11 Å². The van der Waals surface area contributed by atoms with E-state index >= 15 is 0 Å². The molecular weight excluding hydrogens is 266 g/mol. The number of hydrogen-bond donors (Lipinski definition) is 1. The van der Waals surface area contributed by atoms with Crippen LogP contribution in [0, 0.1) is 0 Å². The zero-order valence-corrected chi connectivity index (χ0v) is 11.9. The summed E-state index contributed by atoms with van der Waals surface area (Å²) in [4.78, 5) is 11.4. The van der Waals surface area contributed by atoms with E-state index in [0.29, 0.717) is 13.0 Å². The third-order valence-electron chi connectivity index (χ3n) is 3.56. The number of ether oxygens (including phenoxy) is 2. The van der Waals surface area contributed by atoms with Gasteiger partial charge in [0.1, 0.15) is 18.1 Å². The molecule has 2 aromatic carbocycles. The van der Waals surface area contributed by atoms with Crippen LogP contribution < -0.4 is 14.8 Å². The van der Waals surface area contributed by atoms with E-state index in [0.717, 1.165) is 34.7 Å². The molecule has 0 aliphatic carbocycles. The highest BCUT2D eigenvalue weighted by Crippen LogP contribution is 2.28. The zero-order chi connectivity index (χ0) is 14.7. The van der Waals surface area contributed by atoms with Gasteiger partial charge in [0.05, 0.1) is 7.11 Å². The summed E-state index contributed by atoms with van der Waals surface area (Å²) in [7, 11) is 1.65. The first-order valence-corrected chi connectivity index (χ1v) is 6.94. The largest absolute Gasteiger partial charge is 0.496 e. The van der Waals surface area contributed by atoms with Crippen molar-refractivity contribution in [1.82, 2.24) is 0 Å². The highest BCUT2D eigenvalue weighted by atomic mass is 16.5. The lowest BCUT2D eigenvalue weighted by atomic mass is 10.0. The molecule has 0 atom stereocenters. The maximum atomic E-state index is 11.4. The van der Waals surface area contributed by atoms with E-state index in [4.69, 9.17) is 9.47 Å². The number of hydrogen-bond acceptors (Lipinski definition) is 3. The van der Waals surface area contributed by atoms with Crippen LogP contribution in [0.25, 0.3) is 0 Å². The predicted molar refractivity (Wildman–Crippen MR) is 80.7 cm³/mol. The minimum absolute atomic E-state index is 0.0596. The third-order valence-corrected chi connectivity index (χ3v) is 3.56. The summed E-state index contributed by atoms with van der Waals surface area (Å²) in [6, 6.07) is 13.6. The number of benzene rings is 2. The lowest BCUT2D eigenvalue weighted by Crippen LogP contribution is -2.18. The fourth-order valence-corrected chi connectivity index (χ4v) is 2.42. The minimum Gasteiger partial charge on any atom is -0.496 e. The first kappa shape index (κ1) is 13.5. The second kappa shape index (κ2) is 5.87. The van der Waals surface area contributed by atoms with Crippen LogP contribution in [0.2, 0.25) is 0 Å². The average Bonchev–Trinajstić information content (AvgIpc) is 2.52. The zero-order valence-electron chi connectivity index (χ0n) is 11.9. The summed E-state index contributed by atoms with van der Waals surface area (Å²) >= 11 is 0. The van der Waals surface area contributed by atoms with Gasteiger partial charge in [0.2, 0.25) is 5.91 Å². The number of carbonyl (C=O) groups excluding carboxylic acids is 1. The summed E-state index contributed by atoms with van der Waals surface area (Å²) < 4.78 is 11.1. The van der Waals surface area contributed by atoms with Crippen molar-refractivity contribution < 1.29 is 14.3 Å². The fourth-order valence-electron chi connectivity index (χ4n) is 2.42. The number of aryl methyl sites for hydroxylation is 1. The Balaban J connectivity index is 1.74. The third kappa shape index (κ3) is 2.99. The standard InChI is InChI=1S/C17H17NO3/c1-20-16-5-3-2-4-13(16)11-21-14-8-6-12-7-9-17(19)18-15(12)10-14/h2-6,8,10H,7,9,11H2,1H3,(H,18,19). The van der Waals surface area contributed by atoms with Gasteiger partial charge in [0.25, 0.3) is 0 Å². The predicted octanol–water partition coefficient (Wildman–Crippen LogP) is 3.16. The van der Waals surface area contributed by atoms with Gasteiger partial charge in [-0.05, 0) is 24.1 Å². The van der Waals surface area contributed by atoms with Crippen molar-refractivity contribution in [1.29, 1.82) is 0 Å². The Kier molecular flexibility index (Phi) is 3.77. The van der Waals surface area contributed by atoms with Crippen LogP contribution >= 0.6 is 0 Å². The second-order valence-corrected chi connectivity index (χ2v) is 4.97. The van der Waals surface area contributed by atoms with Crippen molar-refractivity contribution in [3.8, 4) is 11.5 Å². The molecule has 0 spiro atoms. The lowest BCUT2D eigenvalue weighted by Gasteiger charge is -2.18. The molecule has 2 aromatic rings. The molecule has 1 N–H and O–H groups in total. The van der Waals surface area contributed by atoms with Gasteiger partial charge in [-0.3, -0.25) is 4.79 Å². The Morgan fingerprint density at radius 2 is 2.00 bits per heavy atom. The van der Waals surface area contributed by atoms with E-state index < -0.39 is 0 Å². The first-order valence-electron chi connectivity index (χ1n) is 6.94. The number of fused-ring (bicyclic) bond motifs is 1. The van der Waals surface area contributed by atoms with Gasteiger partial charge < -0.3 is 14.8 Å². The van der Waals surface area contributed by atoms with Crippen LogP contribution in [0.5, 0.6) is 11.5 Å². The normalized spacial score (nSPS) is 13.3.